The molecule has 0 radical (unpaired) electrons. The third-order valence-electron chi connectivity index (χ3n) is 3.83. The first-order valence-corrected chi connectivity index (χ1v) is 6.26. The van der Waals surface area contributed by atoms with E-state index < -0.39 is 0 Å². The van der Waals surface area contributed by atoms with E-state index in [2.05, 4.69) is 33.8 Å². The summed E-state index contributed by atoms with van der Waals surface area (Å²) in [6.45, 7) is 10.3. The van der Waals surface area contributed by atoms with Gasteiger partial charge in [0, 0.05) is 0 Å². The number of hydrogen-bond donors (Lipinski definition) is 0. The van der Waals surface area contributed by atoms with Crippen molar-refractivity contribution in [3.8, 4) is 5.75 Å². The Morgan fingerprint density at radius 2 is 1.56 bits per heavy atom. The fraction of sp³-hybridized carbons (Fsp3) is 0.571. The maximum absolute atomic E-state index is 6.03. The Kier molecular flexibility index (Phi) is 3.20. The van der Waals surface area contributed by atoms with Crippen molar-refractivity contribution in [1.29, 1.82) is 0 Å². The number of methoxy groups -OCH3 is 1. The molecule has 0 aliphatic carbocycles. The van der Waals surface area contributed by atoms with E-state index in [1.807, 2.05) is 19.1 Å². The lowest BCUT2D eigenvalue weighted by Gasteiger charge is -2.32. The van der Waals surface area contributed by atoms with Gasteiger partial charge >= 0.3 is 7.12 Å². The van der Waals surface area contributed by atoms with Crippen LogP contribution in [0.5, 0.6) is 5.75 Å². The van der Waals surface area contributed by atoms with Crippen LogP contribution in [-0.4, -0.2) is 25.4 Å². The van der Waals surface area contributed by atoms with Gasteiger partial charge in [-0.2, -0.15) is 0 Å². The van der Waals surface area contributed by atoms with Crippen molar-refractivity contribution in [3.05, 3.63) is 23.8 Å². The van der Waals surface area contributed by atoms with E-state index in [0.717, 1.165) is 16.8 Å². The van der Waals surface area contributed by atoms with Gasteiger partial charge < -0.3 is 14.0 Å². The second-order valence-corrected chi connectivity index (χ2v) is 5.87. The zero-order valence-corrected chi connectivity index (χ0v) is 12.0. The number of benzene rings is 1. The highest BCUT2D eigenvalue weighted by Gasteiger charge is 2.51. The summed E-state index contributed by atoms with van der Waals surface area (Å²) < 4.78 is 17.3. The highest BCUT2D eigenvalue weighted by molar-refractivity contribution is 6.62. The smallest absolute Gasteiger partial charge is 0.494 e. The molecule has 1 aromatic rings. The van der Waals surface area contributed by atoms with E-state index in [0.29, 0.717) is 0 Å². The number of aryl methyl sites for hydroxylation is 1. The van der Waals surface area contributed by atoms with E-state index in [1.165, 1.54) is 0 Å². The summed E-state index contributed by atoms with van der Waals surface area (Å²) in [5.74, 6) is 0.833. The van der Waals surface area contributed by atoms with Crippen molar-refractivity contribution in [3.63, 3.8) is 0 Å². The quantitative estimate of drug-likeness (QED) is 0.751. The molecule has 0 amide bonds. The van der Waals surface area contributed by atoms with Crippen molar-refractivity contribution in [2.75, 3.05) is 7.11 Å². The Morgan fingerprint density at radius 3 is 2.06 bits per heavy atom. The minimum atomic E-state index is -0.330. The number of ether oxygens (including phenoxy) is 1. The monoisotopic (exact) mass is 248 g/mol. The predicted molar refractivity (Wildman–Crippen MR) is 73.4 cm³/mol. The number of hydrogen-bond acceptors (Lipinski definition) is 3. The zero-order valence-electron chi connectivity index (χ0n) is 12.0. The standard InChI is InChI=1S/C14H21BO3/c1-10-7-11(9-12(8-10)16-6)15-17-13(2,3)14(4,5)18-15/h7-9H,1-6H3. The third kappa shape index (κ3) is 2.27. The summed E-state index contributed by atoms with van der Waals surface area (Å²) in [5.41, 5.74) is 1.52. The Bertz CT molecular complexity index is 438. The third-order valence-corrected chi connectivity index (χ3v) is 3.83. The molecule has 0 bridgehead atoms. The molecule has 1 fully saturated rings. The van der Waals surface area contributed by atoms with Crippen LogP contribution in [0.15, 0.2) is 18.2 Å². The molecule has 0 spiro atoms. The van der Waals surface area contributed by atoms with Crippen molar-refractivity contribution in [2.24, 2.45) is 0 Å². The molecule has 1 aliphatic rings. The summed E-state index contributed by atoms with van der Waals surface area (Å²) in [7, 11) is 1.34. The lowest BCUT2D eigenvalue weighted by atomic mass is 9.78. The van der Waals surface area contributed by atoms with Crippen LogP contribution in [0.4, 0.5) is 0 Å². The molecule has 0 atom stereocenters. The fourth-order valence-corrected chi connectivity index (χ4v) is 2.01. The van der Waals surface area contributed by atoms with Crippen LogP contribution in [0.3, 0.4) is 0 Å². The van der Waals surface area contributed by atoms with Crippen LogP contribution >= 0.6 is 0 Å². The SMILES string of the molecule is COc1cc(C)cc(B2OC(C)(C)C(C)(C)O2)c1. The van der Waals surface area contributed by atoms with Gasteiger partial charge in [-0.1, -0.05) is 6.07 Å². The molecule has 2 rings (SSSR count). The Labute approximate surface area is 110 Å². The first kappa shape index (κ1) is 13.4. The van der Waals surface area contributed by atoms with Gasteiger partial charge in [0.15, 0.2) is 0 Å². The molecule has 18 heavy (non-hydrogen) atoms. The summed E-state index contributed by atoms with van der Waals surface area (Å²) in [5, 5.41) is 0. The lowest BCUT2D eigenvalue weighted by molar-refractivity contribution is 0.00578. The normalized spacial score (nSPS) is 21.1. The van der Waals surface area contributed by atoms with Crippen LogP contribution in [0, 0.1) is 6.92 Å². The summed E-state index contributed by atoms with van der Waals surface area (Å²) >= 11 is 0. The van der Waals surface area contributed by atoms with E-state index in [1.54, 1.807) is 7.11 Å². The van der Waals surface area contributed by atoms with Gasteiger partial charge in [0.2, 0.25) is 0 Å². The van der Waals surface area contributed by atoms with E-state index in [9.17, 15) is 0 Å². The van der Waals surface area contributed by atoms with Crippen LogP contribution < -0.4 is 10.2 Å². The van der Waals surface area contributed by atoms with Gasteiger partial charge in [-0.25, -0.2) is 0 Å². The van der Waals surface area contributed by atoms with Gasteiger partial charge in [0.05, 0.1) is 18.3 Å². The Hall–Kier alpha value is -0.995. The predicted octanol–water partition coefficient (Wildman–Crippen LogP) is 2.30. The van der Waals surface area contributed by atoms with Crippen LogP contribution in [0.25, 0.3) is 0 Å². The lowest BCUT2D eigenvalue weighted by Crippen LogP contribution is -2.41. The van der Waals surface area contributed by atoms with Gasteiger partial charge in [-0.15, -0.1) is 0 Å². The minimum Gasteiger partial charge on any atom is -0.497 e. The van der Waals surface area contributed by atoms with Gasteiger partial charge in [-0.3, -0.25) is 0 Å². The molecule has 98 valence electrons. The molecule has 1 saturated heterocycles. The zero-order chi connectivity index (χ0) is 13.6. The summed E-state index contributed by atoms with van der Waals surface area (Å²) in [6, 6.07) is 6.04. The van der Waals surface area contributed by atoms with Crippen LogP contribution in [0.2, 0.25) is 0 Å². The average molecular weight is 248 g/mol. The Balaban J connectivity index is 2.32. The highest BCUT2D eigenvalue weighted by atomic mass is 16.7. The summed E-state index contributed by atoms with van der Waals surface area (Å²) in [4.78, 5) is 0. The number of rotatable bonds is 2. The van der Waals surface area contributed by atoms with Gasteiger partial charge in [0.1, 0.15) is 5.75 Å². The molecule has 1 aliphatic heterocycles. The molecule has 1 aromatic carbocycles. The maximum atomic E-state index is 6.03. The van der Waals surface area contributed by atoms with E-state index in [4.69, 9.17) is 14.0 Å². The molecule has 0 saturated carbocycles. The molecular weight excluding hydrogens is 227 g/mol. The van der Waals surface area contributed by atoms with Crippen molar-refractivity contribution >= 4 is 12.6 Å². The minimum absolute atomic E-state index is 0.311. The highest BCUT2D eigenvalue weighted by Crippen LogP contribution is 2.36. The fourth-order valence-electron chi connectivity index (χ4n) is 2.01. The first-order valence-electron chi connectivity index (χ1n) is 6.26. The molecule has 0 aromatic heterocycles. The second-order valence-electron chi connectivity index (χ2n) is 5.87. The molecule has 0 N–H and O–H groups in total. The van der Waals surface area contributed by atoms with Crippen LogP contribution in [0.1, 0.15) is 33.3 Å². The van der Waals surface area contributed by atoms with Gasteiger partial charge in [0.25, 0.3) is 0 Å². The largest absolute Gasteiger partial charge is 0.497 e. The Morgan fingerprint density at radius 1 is 1.00 bits per heavy atom. The van der Waals surface area contributed by atoms with Gasteiger partial charge in [-0.05, 0) is 57.8 Å². The molecule has 4 heteroatoms. The second kappa shape index (κ2) is 4.28. The first-order chi connectivity index (χ1) is 8.25. The van der Waals surface area contributed by atoms with Crippen LogP contribution in [-0.2, 0) is 9.31 Å². The molecule has 0 unspecified atom stereocenters. The van der Waals surface area contributed by atoms with Crippen molar-refractivity contribution < 1.29 is 14.0 Å². The maximum Gasteiger partial charge on any atom is 0.494 e. The molecular formula is C14H21BO3. The molecule has 1 heterocycles. The topological polar surface area (TPSA) is 27.7 Å². The summed E-state index contributed by atoms with van der Waals surface area (Å²) in [6.07, 6.45) is 0. The van der Waals surface area contributed by atoms with Crippen molar-refractivity contribution in [2.45, 2.75) is 45.8 Å². The average Bonchev–Trinajstić information content (AvgIpc) is 2.47. The van der Waals surface area contributed by atoms with Crippen molar-refractivity contribution in [1.82, 2.24) is 0 Å². The molecule has 3 nitrogen and oxygen atoms in total. The van der Waals surface area contributed by atoms with E-state index in [-0.39, 0.29) is 18.3 Å². The van der Waals surface area contributed by atoms with E-state index >= 15 is 0 Å².